The van der Waals surface area contributed by atoms with E-state index in [0.717, 1.165) is 16.2 Å². The van der Waals surface area contributed by atoms with Crippen LogP contribution >= 0.6 is 11.6 Å². The number of likely N-dealkylation sites (N-methyl/N-ethyl adjacent to an activating group) is 1. The Morgan fingerprint density at radius 3 is 2.60 bits per heavy atom. The van der Waals surface area contributed by atoms with Gasteiger partial charge >= 0.3 is 0 Å². The van der Waals surface area contributed by atoms with Gasteiger partial charge in [0.05, 0.1) is 14.2 Å². The van der Waals surface area contributed by atoms with Gasteiger partial charge in [0.15, 0.2) is 6.04 Å². The summed E-state index contributed by atoms with van der Waals surface area (Å²) in [6.45, 7) is 6.51. The average Bonchev–Trinajstić information content (AvgIpc) is 2.37. The molecule has 1 aromatic rings. The van der Waals surface area contributed by atoms with E-state index in [9.17, 15) is 4.79 Å². The van der Waals surface area contributed by atoms with E-state index >= 15 is 0 Å². The number of amides is 1. The Morgan fingerprint density at radius 1 is 1.40 bits per heavy atom. The van der Waals surface area contributed by atoms with Crippen molar-refractivity contribution in [2.75, 3.05) is 14.2 Å². The van der Waals surface area contributed by atoms with Crippen molar-refractivity contribution in [3.63, 3.8) is 0 Å². The van der Waals surface area contributed by atoms with Crippen LogP contribution < -0.4 is 15.0 Å². The Hall–Kier alpha value is -1.26. The van der Waals surface area contributed by atoms with Crippen molar-refractivity contribution >= 4 is 17.5 Å². The zero-order valence-corrected chi connectivity index (χ0v) is 13.5. The third kappa shape index (κ3) is 4.69. The summed E-state index contributed by atoms with van der Waals surface area (Å²) in [6, 6.07) is 5.55. The Labute approximate surface area is 126 Å². The van der Waals surface area contributed by atoms with Crippen LogP contribution in [0.25, 0.3) is 0 Å². The molecule has 1 unspecified atom stereocenters. The van der Waals surface area contributed by atoms with Crippen molar-refractivity contribution in [3.8, 4) is 5.75 Å². The monoisotopic (exact) mass is 299 g/mol. The van der Waals surface area contributed by atoms with Crippen molar-refractivity contribution in [3.05, 3.63) is 28.8 Å². The predicted molar refractivity (Wildman–Crippen MR) is 81.3 cm³/mol. The summed E-state index contributed by atoms with van der Waals surface area (Å²) in [6.07, 6.45) is 0. The van der Waals surface area contributed by atoms with Crippen LogP contribution in [0.1, 0.15) is 26.3 Å². The van der Waals surface area contributed by atoms with Gasteiger partial charge in [-0.15, -0.1) is 0 Å². The van der Waals surface area contributed by atoms with E-state index in [4.69, 9.17) is 16.3 Å². The smallest absolute Gasteiger partial charge is 0.278 e. The Kier molecular flexibility index (Phi) is 6.30. The van der Waals surface area contributed by atoms with Gasteiger partial charge in [-0.3, -0.25) is 4.79 Å². The highest BCUT2D eigenvalue weighted by molar-refractivity contribution is 6.30. The molecule has 0 fully saturated rings. The highest BCUT2D eigenvalue weighted by Crippen LogP contribution is 2.21. The normalized spacial score (nSPS) is 13.9. The second-order valence-corrected chi connectivity index (χ2v) is 5.80. The van der Waals surface area contributed by atoms with Gasteiger partial charge in [-0.1, -0.05) is 11.6 Å². The number of nitrogens with one attached hydrogen (secondary N) is 2. The molecular weight excluding hydrogens is 276 g/mol. The van der Waals surface area contributed by atoms with Crippen LogP contribution in [-0.2, 0) is 11.3 Å². The lowest BCUT2D eigenvalue weighted by atomic mass is 10.1. The molecule has 2 atom stereocenters. The largest absolute Gasteiger partial charge is 0.496 e. The first kappa shape index (κ1) is 16.8. The molecule has 0 saturated carbocycles. The van der Waals surface area contributed by atoms with Gasteiger partial charge < -0.3 is 15.0 Å². The van der Waals surface area contributed by atoms with E-state index in [-0.39, 0.29) is 18.0 Å². The Bertz CT molecular complexity index is 463. The molecular formula is C15H24ClN2O2+. The molecule has 1 aromatic carbocycles. The summed E-state index contributed by atoms with van der Waals surface area (Å²) in [5, 5.41) is 3.61. The third-order valence-corrected chi connectivity index (χ3v) is 3.51. The Balaban J connectivity index is 2.77. The van der Waals surface area contributed by atoms with Gasteiger partial charge in [0.25, 0.3) is 5.91 Å². The topological polar surface area (TPSA) is 42.8 Å². The number of methoxy groups -OCH3 is 1. The summed E-state index contributed by atoms with van der Waals surface area (Å²) in [5.41, 5.74) is 1.00. The molecule has 20 heavy (non-hydrogen) atoms. The lowest BCUT2D eigenvalue weighted by Gasteiger charge is -2.23. The number of rotatable bonds is 6. The number of quaternary nitrogens is 1. The zero-order valence-electron chi connectivity index (χ0n) is 12.8. The quantitative estimate of drug-likeness (QED) is 0.831. The molecule has 0 aliphatic heterocycles. The SMILES string of the molecule is COc1ccc(Cl)cc1C[NH+](C)[C@H](C)C(=O)NC(C)C. The first-order chi connectivity index (χ1) is 9.35. The lowest BCUT2D eigenvalue weighted by molar-refractivity contribution is -0.908. The number of hydrogen-bond donors (Lipinski definition) is 2. The first-order valence-corrected chi connectivity index (χ1v) is 7.18. The molecule has 5 heteroatoms. The molecule has 1 rings (SSSR count). The fraction of sp³-hybridized carbons (Fsp3) is 0.533. The van der Waals surface area contributed by atoms with Crippen molar-refractivity contribution in [2.24, 2.45) is 0 Å². The molecule has 0 heterocycles. The van der Waals surface area contributed by atoms with Crippen LogP contribution in [0.3, 0.4) is 0 Å². The van der Waals surface area contributed by atoms with Crippen LogP contribution in [0.15, 0.2) is 18.2 Å². The minimum absolute atomic E-state index is 0.0542. The number of ether oxygens (including phenoxy) is 1. The predicted octanol–water partition coefficient (Wildman–Crippen LogP) is 1.28. The summed E-state index contributed by atoms with van der Waals surface area (Å²) >= 11 is 6.02. The lowest BCUT2D eigenvalue weighted by Crippen LogP contribution is -3.12. The fourth-order valence-electron chi connectivity index (χ4n) is 1.97. The number of hydrogen-bond acceptors (Lipinski definition) is 2. The molecule has 112 valence electrons. The maximum absolute atomic E-state index is 12.0. The molecule has 0 radical (unpaired) electrons. The van der Waals surface area contributed by atoms with Gasteiger partial charge in [0.1, 0.15) is 12.3 Å². The number of benzene rings is 1. The van der Waals surface area contributed by atoms with Crippen LogP contribution in [-0.4, -0.2) is 32.1 Å². The van der Waals surface area contributed by atoms with Gasteiger partial charge in [0, 0.05) is 16.6 Å². The second kappa shape index (κ2) is 7.50. The molecule has 0 spiro atoms. The molecule has 0 aliphatic rings. The molecule has 1 amide bonds. The molecule has 2 N–H and O–H groups in total. The van der Waals surface area contributed by atoms with E-state index in [1.54, 1.807) is 13.2 Å². The van der Waals surface area contributed by atoms with Crippen LogP contribution in [0, 0.1) is 0 Å². The highest BCUT2D eigenvalue weighted by Gasteiger charge is 2.23. The van der Waals surface area contributed by atoms with Gasteiger partial charge in [-0.2, -0.15) is 0 Å². The van der Waals surface area contributed by atoms with Gasteiger partial charge in [-0.25, -0.2) is 0 Å². The molecule has 4 nitrogen and oxygen atoms in total. The van der Waals surface area contributed by atoms with Gasteiger partial charge in [0.2, 0.25) is 0 Å². The summed E-state index contributed by atoms with van der Waals surface area (Å²) in [5.74, 6) is 0.851. The summed E-state index contributed by atoms with van der Waals surface area (Å²) < 4.78 is 5.33. The first-order valence-electron chi connectivity index (χ1n) is 6.80. The standard InChI is InChI=1S/C15H23ClN2O2/c1-10(2)17-15(19)11(3)18(4)9-12-8-13(16)6-7-14(12)20-5/h6-8,10-11H,9H2,1-5H3,(H,17,19)/p+1/t11-/m1/s1. The van der Waals surface area contributed by atoms with Crippen molar-refractivity contribution < 1.29 is 14.4 Å². The molecule has 0 aliphatic carbocycles. The Morgan fingerprint density at radius 2 is 2.05 bits per heavy atom. The maximum atomic E-state index is 12.0. The van der Waals surface area contributed by atoms with Crippen LogP contribution in [0.2, 0.25) is 5.02 Å². The summed E-state index contributed by atoms with van der Waals surface area (Å²) in [4.78, 5) is 13.1. The maximum Gasteiger partial charge on any atom is 0.278 e. The fourth-order valence-corrected chi connectivity index (χ4v) is 2.17. The van der Waals surface area contributed by atoms with Crippen LogP contribution in [0.5, 0.6) is 5.75 Å². The number of halogens is 1. The van der Waals surface area contributed by atoms with Gasteiger partial charge in [-0.05, 0) is 39.0 Å². The van der Waals surface area contributed by atoms with Crippen molar-refractivity contribution in [1.29, 1.82) is 0 Å². The highest BCUT2D eigenvalue weighted by atomic mass is 35.5. The third-order valence-electron chi connectivity index (χ3n) is 3.28. The van der Waals surface area contributed by atoms with Crippen molar-refractivity contribution in [2.45, 2.75) is 39.4 Å². The van der Waals surface area contributed by atoms with E-state index in [1.165, 1.54) is 0 Å². The molecule has 0 aromatic heterocycles. The van der Waals surface area contributed by atoms with Crippen molar-refractivity contribution in [1.82, 2.24) is 5.32 Å². The van der Waals surface area contributed by atoms with E-state index in [1.807, 2.05) is 40.0 Å². The zero-order chi connectivity index (χ0) is 15.3. The van der Waals surface area contributed by atoms with E-state index in [0.29, 0.717) is 11.6 Å². The number of carbonyl (C=O) groups is 1. The van der Waals surface area contributed by atoms with E-state index < -0.39 is 0 Å². The van der Waals surface area contributed by atoms with Crippen LogP contribution in [0.4, 0.5) is 0 Å². The average molecular weight is 300 g/mol. The number of carbonyl (C=O) groups excluding carboxylic acids is 1. The molecule has 0 bridgehead atoms. The van der Waals surface area contributed by atoms with E-state index in [2.05, 4.69) is 5.32 Å². The molecule has 0 saturated heterocycles. The summed E-state index contributed by atoms with van der Waals surface area (Å²) in [7, 11) is 3.63. The minimum atomic E-state index is -0.138. The minimum Gasteiger partial charge on any atom is -0.496 e. The second-order valence-electron chi connectivity index (χ2n) is 5.36.